The molecule has 4 rings (SSSR count). The van der Waals surface area contributed by atoms with Crippen LogP contribution >= 0.6 is 23.2 Å². The standard InChI is InChI=1S/C25H24Cl2N2O5/c1-2-33-22-13-15(8-10-21(22)34-14-16-7-9-19(26)20(27)12-16)11-18-23(30)28-25(32)29(24(18)31)17-5-3-4-6-17/h7-13,17H,2-6,14H2,1H3,(H,28,30,32)/b18-11+. The molecule has 178 valence electrons. The van der Waals surface area contributed by atoms with Gasteiger partial charge in [0.2, 0.25) is 0 Å². The Morgan fingerprint density at radius 3 is 2.47 bits per heavy atom. The molecule has 0 radical (unpaired) electrons. The van der Waals surface area contributed by atoms with E-state index in [0.717, 1.165) is 31.2 Å². The molecule has 1 saturated carbocycles. The van der Waals surface area contributed by atoms with Crippen LogP contribution in [0.4, 0.5) is 4.79 Å². The van der Waals surface area contributed by atoms with Crippen molar-refractivity contribution in [3.05, 3.63) is 63.1 Å². The normalized spacial score (nSPS) is 17.9. The fourth-order valence-electron chi connectivity index (χ4n) is 4.12. The second-order valence-corrected chi connectivity index (χ2v) is 8.92. The van der Waals surface area contributed by atoms with Crippen molar-refractivity contribution in [3.8, 4) is 11.5 Å². The van der Waals surface area contributed by atoms with E-state index in [0.29, 0.717) is 33.7 Å². The van der Waals surface area contributed by atoms with Gasteiger partial charge in [-0.1, -0.05) is 48.2 Å². The molecule has 1 aliphatic heterocycles. The van der Waals surface area contributed by atoms with E-state index in [2.05, 4.69) is 5.32 Å². The Hall–Kier alpha value is -3.03. The first-order chi connectivity index (χ1) is 16.4. The number of imide groups is 2. The summed E-state index contributed by atoms with van der Waals surface area (Å²) in [4.78, 5) is 39.0. The Labute approximate surface area is 207 Å². The Kier molecular flexibility index (Phi) is 7.44. The second-order valence-electron chi connectivity index (χ2n) is 8.11. The molecule has 0 atom stereocenters. The third kappa shape index (κ3) is 5.21. The lowest BCUT2D eigenvalue weighted by Gasteiger charge is -2.31. The van der Waals surface area contributed by atoms with Gasteiger partial charge in [0.25, 0.3) is 11.8 Å². The zero-order valence-electron chi connectivity index (χ0n) is 18.6. The molecule has 4 amide bonds. The predicted molar refractivity (Wildman–Crippen MR) is 129 cm³/mol. The van der Waals surface area contributed by atoms with Crippen molar-refractivity contribution in [1.29, 1.82) is 0 Å². The highest BCUT2D eigenvalue weighted by molar-refractivity contribution is 6.42. The van der Waals surface area contributed by atoms with Crippen LogP contribution in [0, 0.1) is 0 Å². The molecule has 9 heteroatoms. The minimum Gasteiger partial charge on any atom is -0.490 e. The molecule has 2 fully saturated rings. The van der Waals surface area contributed by atoms with Crippen LogP contribution in [-0.4, -0.2) is 35.4 Å². The molecule has 2 aromatic rings. The molecule has 1 heterocycles. The molecular formula is C25H24Cl2N2O5. The van der Waals surface area contributed by atoms with Crippen LogP contribution in [0.15, 0.2) is 42.0 Å². The van der Waals surface area contributed by atoms with Gasteiger partial charge in [-0.3, -0.25) is 19.8 Å². The minimum absolute atomic E-state index is 0.0848. The quantitative estimate of drug-likeness (QED) is 0.406. The maximum atomic E-state index is 13.0. The number of carbonyl (C=O) groups excluding carboxylic acids is 3. The van der Waals surface area contributed by atoms with Crippen molar-refractivity contribution in [3.63, 3.8) is 0 Å². The zero-order chi connectivity index (χ0) is 24.2. The van der Waals surface area contributed by atoms with Crippen molar-refractivity contribution in [2.75, 3.05) is 6.61 Å². The number of nitrogens with zero attached hydrogens (tertiary/aromatic N) is 1. The summed E-state index contributed by atoms with van der Waals surface area (Å²) in [5.41, 5.74) is 1.33. The summed E-state index contributed by atoms with van der Waals surface area (Å²) < 4.78 is 11.6. The molecule has 0 bridgehead atoms. The largest absolute Gasteiger partial charge is 0.490 e. The highest BCUT2D eigenvalue weighted by Gasteiger charge is 2.40. The monoisotopic (exact) mass is 502 g/mol. The number of carbonyl (C=O) groups is 3. The van der Waals surface area contributed by atoms with E-state index in [-0.39, 0.29) is 18.2 Å². The van der Waals surface area contributed by atoms with Crippen molar-refractivity contribution in [2.45, 2.75) is 45.3 Å². The average molecular weight is 503 g/mol. The van der Waals surface area contributed by atoms with Gasteiger partial charge < -0.3 is 9.47 Å². The number of rotatable bonds is 7. The first-order valence-corrected chi connectivity index (χ1v) is 11.9. The Balaban J connectivity index is 1.56. The number of hydrogen-bond acceptors (Lipinski definition) is 5. The van der Waals surface area contributed by atoms with Crippen LogP contribution in [0.3, 0.4) is 0 Å². The van der Waals surface area contributed by atoms with Gasteiger partial charge in [-0.25, -0.2) is 4.79 Å². The number of hydrogen-bond donors (Lipinski definition) is 1. The van der Waals surface area contributed by atoms with Crippen LogP contribution in [0.5, 0.6) is 11.5 Å². The molecule has 2 aromatic carbocycles. The van der Waals surface area contributed by atoms with Crippen molar-refractivity contribution in [2.24, 2.45) is 0 Å². The lowest BCUT2D eigenvalue weighted by atomic mass is 10.0. The predicted octanol–water partition coefficient (Wildman–Crippen LogP) is 5.38. The van der Waals surface area contributed by atoms with Crippen molar-refractivity contribution in [1.82, 2.24) is 10.2 Å². The molecular weight excluding hydrogens is 479 g/mol. The first kappa shape index (κ1) is 24.1. The molecule has 1 saturated heterocycles. The SMILES string of the molecule is CCOc1cc(/C=C2\C(=O)NC(=O)N(C3CCCC3)C2=O)ccc1OCc1ccc(Cl)c(Cl)c1. The topological polar surface area (TPSA) is 84.9 Å². The van der Waals surface area contributed by atoms with Gasteiger partial charge in [0.15, 0.2) is 11.5 Å². The Bertz CT molecular complexity index is 1160. The molecule has 0 unspecified atom stereocenters. The Morgan fingerprint density at radius 1 is 1.00 bits per heavy atom. The van der Waals surface area contributed by atoms with Gasteiger partial charge in [0.05, 0.1) is 16.7 Å². The zero-order valence-corrected chi connectivity index (χ0v) is 20.1. The van der Waals surface area contributed by atoms with E-state index < -0.39 is 17.8 Å². The fraction of sp³-hybridized carbons (Fsp3) is 0.320. The second kappa shape index (κ2) is 10.5. The molecule has 2 aliphatic rings. The highest BCUT2D eigenvalue weighted by atomic mass is 35.5. The third-order valence-electron chi connectivity index (χ3n) is 5.78. The van der Waals surface area contributed by atoms with E-state index in [1.54, 1.807) is 30.3 Å². The molecule has 34 heavy (non-hydrogen) atoms. The van der Waals surface area contributed by atoms with Crippen LogP contribution in [0.1, 0.15) is 43.7 Å². The molecule has 0 aromatic heterocycles. The van der Waals surface area contributed by atoms with Crippen LogP contribution in [0.25, 0.3) is 6.08 Å². The summed E-state index contributed by atoms with van der Waals surface area (Å²) in [7, 11) is 0. The van der Waals surface area contributed by atoms with E-state index in [1.807, 2.05) is 13.0 Å². The summed E-state index contributed by atoms with van der Waals surface area (Å²) in [6.07, 6.45) is 4.88. The highest BCUT2D eigenvalue weighted by Crippen LogP contribution is 2.32. The van der Waals surface area contributed by atoms with Gasteiger partial charge >= 0.3 is 6.03 Å². The van der Waals surface area contributed by atoms with E-state index >= 15 is 0 Å². The van der Waals surface area contributed by atoms with E-state index in [1.165, 1.54) is 11.0 Å². The lowest BCUT2D eigenvalue weighted by molar-refractivity contribution is -0.131. The van der Waals surface area contributed by atoms with Crippen molar-refractivity contribution >= 4 is 47.1 Å². The fourth-order valence-corrected chi connectivity index (χ4v) is 4.45. The maximum absolute atomic E-state index is 13.0. The average Bonchev–Trinajstić information content (AvgIpc) is 3.33. The smallest absolute Gasteiger partial charge is 0.331 e. The Morgan fingerprint density at radius 2 is 1.76 bits per heavy atom. The van der Waals surface area contributed by atoms with Crippen LogP contribution in [0.2, 0.25) is 10.0 Å². The maximum Gasteiger partial charge on any atom is 0.331 e. The van der Waals surface area contributed by atoms with E-state index in [4.69, 9.17) is 32.7 Å². The molecule has 1 aliphatic carbocycles. The van der Waals surface area contributed by atoms with Gasteiger partial charge in [-0.05, 0) is 61.2 Å². The number of barbiturate groups is 1. The summed E-state index contributed by atoms with van der Waals surface area (Å²) in [5.74, 6) is -0.317. The van der Waals surface area contributed by atoms with Crippen molar-refractivity contribution < 1.29 is 23.9 Å². The lowest BCUT2D eigenvalue weighted by Crippen LogP contribution is -2.57. The summed E-state index contributed by atoms with van der Waals surface area (Å²) in [6, 6.07) is 9.54. The number of urea groups is 1. The van der Waals surface area contributed by atoms with Gasteiger partial charge in [0, 0.05) is 6.04 Å². The number of benzene rings is 2. The van der Waals surface area contributed by atoms with Gasteiger partial charge in [-0.2, -0.15) is 0 Å². The molecule has 0 spiro atoms. The summed E-state index contributed by atoms with van der Waals surface area (Å²) in [6.45, 7) is 2.49. The van der Waals surface area contributed by atoms with Crippen LogP contribution in [-0.2, 0) is 16.2 Å². The molecule has 7 nitrogen and oxygen atoms in total. The number of amides is 4. The van der Waals surface area contributed by atoms with Crippen LogP contribution < -0.4 is 14.8 Å². The third-order valence-corrected chi connectivity index (χ3v) is 6.52. The number of halogens is 2. The minimum atomic E-state index is -0.706. The number of ether oxygens (including phenoxy) is 2. The first-order valence-electron chi connectivity index (χ1n) is 11.1. The molecule has 1 N–H and O–H groups in total. The summed E-state index contributed by atoms with van der Waals surface area (Å²) in [5, 5.41) is 3.19. The van der Waals surface area contributed by atoms with Gasteiger partial charge in [-0.15, -0.1) is 0 Å². The van der Waals surface area contributed by atoms with Gasteiger partial charge in [0.1, 0.15) is 12.2 Å². The van der Waals surface area contributed by atoms with E-state index in [9.17, 15) is 14.4 Å². The summed E-state index contributed by atoms with van der Waals surface area (Å²) >= 11 is 12.0. The number of nitrogens with one attached hydrogen (secondary N) is 1.